The van der Waals surface area contributed by atoms with Gasteiger partial charge in [-0.1, -0.05) is 12.8 Å². The maximum Gasteiger partial charge on any atom is 0.0300 e. The fourth-order valence-electron chi connectivity index (χ4n) is 2.77. The molecule has 0 radical (unpaired) electrons. The Kier molecular flexibility index (Phi) is 4.23. The molecule has 0 aliphatic heterocycles. The van der Waals surface area contributed by atoms with E-state index >= 15 is 0 Å². The lowest BCUT2D eigenvalue weighted by Crippen LogP contribution is -2.37. The van der Waals surface area contributed by atoms with Gasteiger partial charge in [0.15, 0.2) is 0 Å². The summed E-state index contributed by atoms with van der Waals surface area (Å²) in [6.45, 7) is 7.30. The lowest BCUT2D eigenvalue weighted by Gasteiger charge is -2.27. The van der Waals surface area contributed by atoms with Crippen molar-refractivity contribution < 1.29 is 0 Å². The molecule has 0 unspecified atom stereocenters. The third kappa shape index (κ3) is 3.09. The summed E-state index contributed by atoms with van der Waals surface area (Å²) in [5.74, 6) is 0. The quantitative estimate of drug-likeness (QED) is 0.845. The molecule has 0 saturated heterocycles. The van der Waals surface area contributed by atoms with Gasteiger partial charge >= 0.3 is 0 Å². The van der Waals surface area contributed by atoms with Crippen molar-refractivity contribution in [3.8, 4) is 0 Å². The van der Waals surface area contributed by atoms with Crippen LogP contribution in [0.1, 0.15) is 41.0 Å². The smallest absolute Gasteiger partial charge is 0.0300 e. The van der Waals surface area contributed by atoms with Gasteiger partial charge in [0.1, 0.15) is 0 Å². The van der Waals surface area contributed by atoms with Crippen LogP contribution in [0.4, 0.5) is 0 Å². The molecular weight excluding hydrogens is 228 g/mol. The van der Waals surface area contributed by atoms with Crippen molar-refractivity contribution >= 4 is 11.3 Å². The summed E-state index contributed by atoms with van der Waals surface area (Å²) in [7, 11) is 0. The average Bonchev–Trinajstić information content (AvgIpc) is 2.89. The molecule has 96 valence electrons. The van der Waals surface area contributed by atoms with E-state index in [9.17, 15) is 0 Å². The molecule has 0 atom stereocenters. The largest absolute Gasteiger partial charge is 0.330 e. The zero-order chi connectivity index (χ0) is 12.3. The summed E-state index contributed by atoms with van der Waals surface area (Å²) in [5, 5.41) is 3.61. The average molecular weight is 252 g/mol. The van der Waals surface area contributed by atoms with Crippen LogP contribution in [0.5, 0.6) is 0 Å². The third-order valence-electron chi connectivity index (χ3n) is 4.11. The van der Waals surface area contributed by atoms with E-state index in [1.54, 1.807) is 0 Å². The van der Waals surface area contributed by atoms with E-state index in [4.69, 9.17) is 5.73 Å². The molecule has 0 aromatic carbocycles. The van der Waals surface area contributed by atoms with Crippen LogP contribution < -0.4 is 11.1 Å². The topological polar surface area (TPSA) is 38.0 Å². The second-order valence-electron chi connectivity index (χ2n) is 5.47. The van der Waals surface area contributed by atoms with Crippen molar-refractivity contribution in [2.45, 2.75) is 46.1 Å². The summed E-state index contributed by atoms with van der Waals surface area (Å²) < 4.78 is 0. The van der Waals surface area contributed by atoms with E-state index in [-0.39, 0.29) is 0 Å². The maximum atomic E-state index is 5.94. The first-order valence-electron chi connectivity index (χ1n) is 6.62. The van der Waals surface area contributed by atoms with Gasteiger partial charge in [-0.3, -0.25) is 0 Å². The Morgan fingerprint density at radius 2 is 2.06 bits per heavy atom. The van der Waals surface area contributed by atoms with Crippen molar-refractivity contribution in [1.82, 2.24) is 5.32 Å². The Bertz CT molecular complexity index is 345. The second-order valence-corrected chi connectivity index (χ2v) is 6.81. The molecule has 3 N–H and O–H groups in total. The molecular formula is C14H24N2S. The molecule has 1 heterocycles. The highest BCUT2D eigenvalue weighted by Crippen LogP contribution is 2.36. The zero-order valence-corrected chi connectivity index (χ0v) is 11.8. The van der Waals surface area contributed by atoms with Crippen molar-refractivity contribution in [3.63, 3.8) is 0 Å². The molecule has 0 amide bonds. The van der Waals surface area contributed by atoms with Gasteiger partial charge in [0.05, 0.1) is 0 Å². The van der Waals surface area contributed by atoms with Crippen molar-refractivity contribution in [2.24, 2.45) is 11.1 Å². The fourth-order valence-corrected chi connectivity index (χ4v) is 3.79. The van der Waals surface area contributed by atoms with Gasteiger partial charge < -0.3 is 11.1 Å². The number of thiophene rings is 1. The van der Waals surface area contributed by atoms with Crippen molar-refractivity contribution in [3.05, 3.63) is 21.4 Å². The first-order chi connectivity index (χ1) is 8.15. The van der Waals surface area contributed by atoms with Gasteiger partial charge in [0.25, 0.3) is 0 Å². The highest BCUT2D eigenvalue weighted by Gasteiger charge is 2.31. The first-order valence-corrected chi connectivity index (χ1v) is 7.44. The minimum Gasteiger partial charge on any atom is -0.330 e. The molecule has 1 fully saturated rings. The third-order valence-corrected chi connectivity index (χ3v) is 5.27. The van der Waals surface area contributed by atoms with Crippen LogP contribution in [-0.4, -0.2) is 13.1 Å². The van der Waals surface area contributed by atoms with Gasteiger partial charge in [-0.15, -0.1) is 11.3 Å². The SMILES string of the molecule is Cc1cc(CNCC2(CN)CCCC2)sc1C. The Labute approximate surface area is 109 Å². The Balaban J connectivity index is 1.82. The zero-order valence-electron chi connectivity index (χ0n) is 11.0. The van der Waals surface area contributed by atoms with E-state index in [1.165, 1.54) is 41.0 Å². The van der Waals surface area contributed by atoms with Crippen LogP contribution in [-0.2, 0) is 6.54 Å². The highest BCUT2D eigenvalue weighted by molar-refractivity contribution is 7.12. The summed E-state index contributed by atoms with van der Waals surface area (Å²) in [5.41, 5.74) is 7.75. The number of hydrogen-bond acceptors (Lipinski definition) is 3. The van der Waals surface area contributed by atoms with Crippen LogP contribution in [0.25, 0.3) is 0 Å². The van der Waals surface area contributed by atoms with Crippen LogP contribution in [0.15, 0.2) is 6.07 Å². The number of hydrogen-bond donors (Lipinski definition) is 2. The van der Waals surface area contributed by atoms with E-state index in [1.807, 2.05) is 11.3 Å². The lowest BCUT2D eigenvalue weighted by atomic mass is 9.86. The van der Waals surface area contributed by atoms with E-state index in [2.05, 4.69) is 25.2 Å². The van der Waals surface area contributed by atoms with E-state index in [0.717, 1.165) is 19.6 Å². The van der Waals surface area contributed by atoms with Gasteiger partial charge in [0.2, 0.25) is 0 Å². The van der Waals surface area contributed by atoms with Gasteiger partial charge in [0, 0.05) is 22.8 Å². The van der Waals surface area contributed by atoms with Gasteiger partial charge in [-0.05, 0) is 50.3 Å². The van der Waals surface area contributed by atoms with Crippen LogP contribution in [0, 0.1) is 19.3 Å². The normalized spacial score (nSPS) is 18.8. The second kappa shape index (κ2) is 5.51. The highest BCUT2D eigenvalue weighted by atomic mass is 32.1. The van der Waals surface area contributed by atoms with Crippen LogP contribution in [0.3, 0.4) is 0 Å². The predicted octanol–water partition coefficient (Wildman–Crippen LogP) is 2.97. The molecule has 1 aromatic rings. The molecule has 0 spiro atoms. The molecule has 1 aliphatic carbocycles. The maximum absolute atomic E-state index is 5.94. The Morgan fingerprint density at radius 3 is 2.59 bits per heavy atom. The number of rotatable bonds is 5. The monoisotopic (exact) mass is 252 g/mol. The molecule has 0 bridgehead atoms. The lowest BCUT2D eigenvalue weighted by molar-refractivity contribution is 0.290. The van der Waals surface area contributed by atoms with Gasteiger partial charge in [-0.25, -0.2) is 0 Å². The van der Waals surface area contributed by atoms with Gasteiger partial charge in [-0.2, -0.15) is 0 Å². The predicted molar refractivity (Wildman–Crippen MR) is 75.5 cm³/mol. The van der Waals surface area contributed by atoms with Crippen LogP contribution in [0.2, 0.25) is 0 Å². The number of aryl methyl sites for hydroxylation is 2. The number of nitrogens with two attached hydrogens (primary N) is 1. The summed E-state index contributed by atoms with van der Waals surface area (Å²) in [6, 6.07) is 2.30. The minimum absolute atomic E-state index is 0.390. The van der Waals surface area contributed by atoms with Crippen molar-refractivity contribution in [2.75, 3.05) is 13.1 Å². The first kappa shape index (κ1) is 13.1. The Hall–Kier alpha value is -0.380. The minimum atomic E-state index is 0.390. The van der Waals surface area contributed by atoms with Crippen LogP contribution >= 0.6 is 11.3 Å². The number of nitrogens with one attached hydrogen (secondary N) is 1. The summed E-state index contributed by atoms with van der Waals surface area (Å²) in [6.07, 6.45) is 5.32. The Morgan fingerprint density at radius 1 is 1.35 bits per heavy atom. The molecule has 1 aromatic heterocycles. The molecule has 2 nitrogen and oxygen atoms in total. The molecule has 3 heteroatoms. The fraction of sp³-hybridized carbons (Fsp3) is 0.714. The van der Waals surface area contributed by atoms with E-state index < -0.39 is 0 Å². The standard InChI is InChI=1S/C14H24N2S/c1-11-7-13(17-12(11)2)8-16-10-14(9-15)5-3-4-6-14/h7,16H,3-6,8-10,15H2,1-2H3. The molecule has 1 saturated carbocycles. The molecule has 2 rings (SSSR count). The summed E-state index contributed by atoms with van der Waals surface area (Å²) in [4.78, 5) is 2.89. The molecule has 17 heavy (non-hydrogen) atoms. The molecule has 1 aliphatic rings. The van der Waals surface area contributed by atoms with Crippen molar-refractivity contribution in [1.29, 1.82) is 0 Å². The van der Waals surface area contributed by atoms with E-state index in [0.29, 0.717) is 5.41 Å². The summed E-state index contributed by atoms with van der Waals surface area (Å²) >= 11 is 1.91.